The lowest BCUT2D eigenvalue weighted by Gasteiger charge is -2.34. The molecular weight excluding hydrogens is 430 g/mol. The number of carbonyl (C=O) groups is 1. The maximum Gasteiger partial charge on any atom is 0.258 e. The summed E-state index contributed by atoms with van der Waals surface area (Å²) in [4.78, 5) is 22.8. The first-order chi connectivity index (χ1) is 16.5. The highest BCUT2D eigenvalue weighted by atomic mass is 16.2. The Kier molecular flexibility index (Phi) is 4.98. The van der Waals surface area contributed by atoms with Crippen molar-refractivity contribution in [2.75, 3.05) is 24.5 Å². The lowest BCUT2D eigenvalue weighted by molar-refractivity contribution is 0.0607. The van der Waals surface area contributed by atoms with Gasteiger partial charge in [0.1, 0.15) is 11.6 Å². The van der Waals surface area contributed by atoms with E-state index in [1.165, 1.54) is 0 Å². The molecule has 176 valence electrons. The number of piperidine rings is 1. The SMILES string of the molecule is Cc1cn2nc([C@@H]3CCCCN3C(=O)c3cccn4c(C)nnc34)cc2nc1N1CC[C@H](N)C1. The number of likely N-dealkylation sites (tertiary alicyclic amines) is 1. The number of anilines is 1. The van der Waals surface area contributed by atoms with Gasteiger partial charge in [0.05, 0.1) is 17.3 Å². The van der Waals surface area contributed by atoms with Crippen LogP contribution in [0, 0.1) is 13.8 Å². The maximum absolute atomic E-state index is 13.7. The third-order valence-corrected chi connectivity index (χ3v) is 7.09. The second-order valence-corrected chi connectivity index (χ2v) is 9.49. The highest BCUT2D eigenvalue weighted by Crippen LogP contribution is 2.33. The number of fused-ring (bicyclic) bond motifs is 2. The van der Waals surface area contributed by atoms with Crippen molar-refractivity contribution in [2.24, 2.45) is 5.73 Å². The molecule has 10 nitrogen and oxygen atoms in total. The molecule has 6 heterocycles. The lowest BCUT2D eigenvalue weighted by Crippen LogP contribution is -2.39. The van der Waals surface area contributed by atoms with Gasteiger partial charge >= 0.3 is 0 Å². The second kappa shape index (κ2) is 8.05. The highest BCUT2D eigenvalue weighted by Gasteiger charge is 2.32. The van der Waals surface area contributed by atoms with Gasteiger partial charge in [-0.1, -0.05) is 0 Å². The zero-order valence-corrected chi connectivity index (χ0v) is 19.6. The number of nitrogens with zero attached hydrogens (tertiary/aromatic N) is 8. The summed E-state index contributed by atoms with van der Waals surface area (Å²) in [6, 6.07) is 5.82. The molecule has 1 amide bonds. The fourth-order valence-corrected chi connectivity index (χ4v) is 5.32. The van der Waals surface area contributed by atoms with Gasteiger partial charge in [0.2, 0.25) is 0 Å². The summed E-state index contributed by atoms with van der Waals surface area (Å²) in [7, 11) is 0. The summed E-state index contributed by atoms with van der Waals surface area (Å²) in [5, 5.41) is 13.3. The molecule has 6 rings (SSSR count). The van der Waals surface area contributed by atoms with Crippen LogP contribution >= 0.6 is 0 Å². The van der Waals surface area contributed by atoms with Crippen LogP contribution in [0.4, 0.5) is 5.82 Å². The molecule has 0 aromatic carbocycles. The van der Waals surface area contributed by atoms with Gasteiger partial charge in [-0.15, -0.1) is 10.2 Å². The van der Waals surface area contributed by atoms with Crippen LogP contribution in [0.15, 0.2) is 30.6 Å². The van der Waals surface area contributed by atoms with E-state index in [0.29, 0.717) is 17.8 Å². The maximum atomic E-state index is 13.7. The molecule has 2 aliphatic rings. The molecule has 0 aliphatic carbocycles. The number of carbonyl (C=O) groups excluding carboxylic acids is 1. The van der Waals surface area contributed by atoms with Crippen LogP contribution in [0.3, 0.4) is 0 Å². The van der Waals surface area contributed by atoms with Crippen molar-refractivity contribution in [3.8, 4) is 0 Å². The van der Waals surface area contributed by atoms with Crippen molar-refractivity contribution in [2.45, 2.75) is 51.6 Å². The van der Waals surface area contributed by atoms with Crippen LogP contribution in [0.5, 0.6) is 0 Å². The van der Waals surface area contributed by atoms with Gasteiger partial charge in [0.15, 0.2) is 11.3 Å². The van der Waals surface area contributed by atoms with Crippen LogP contribution in [-0.4, -0.2) is 65.7 Å². The zero-order chi connectivity index (χ0) is 23.4. The molecule has 2 saturated heterocycles. The van der Waals surface area contributed by atoms with Crippen LogP contribution in [0.25, 0.3) is 11.3 Å². The number of rotatable bonds is 3. The number of amides is 1. The molecular formula is C24H29N9O. The first-order valence-electron chi connectivity index (χ1n) is 12.0. The molecule has 2 fully saturated rings. The van der Waals surface area contributed by atoms with E-state index in [1.807, 2.05) is 51.3 Å². The minimum absolute atomic E-state index is 0.0318. The molecule has 10 heteroatoms. The third kappa shape index (κ3) is 3.40. The van der Waals surface area contributed by atoms with Crippen LogP contribution in [-0.2, 0) is 0 Å². The largest absolute Gasteiger partial charge is 0.355 e. The lowest BCUT2D eigenvalue weighted by atomic mass is 9.98. The summed E-state index contributed by atoms with van der Waals surface area (Å²) in [6.45, 7) is 6.38. The monoisotopic (exact) mass is 459 g/mol. The average molecular weight is 460 g/mol. The second-order valence-electron chi connectivity index (χ2n) is 9.49. The average Bonchev–Trinajstić information content (AvgIpc) is 3.56. The molecule has 0 radical (unpaired) electrons. The van der Waals surface area contributed by atoms with Crippen LogP contribution in [0.2, 0.25) is 0 Å². The predicted molar refractivity (Wildman–Crippen MR) is 128 cm³/mol. The van der Waals surface area contributed by atoms with E-state index in [-0.39, 0.29) is 18.0 Å². The van der Waals surface area contributed by atoms with Crippen molar-refractivity contribution in [3.63, 3.8) is 0 Å². The molecule has 0 bridgehead atoms. The third-order valence-electron chi connectivity index (χ3n) is 7.09. The quantitative estimate of drug-likeness (QED) is 0.500. The number of nitrogens with two attached hydrogens (primary N) is 1. The minimum atomic E-state index is -0.101. The minimum Gasteiger partial charge on any atom is -0.355 e. The summed E-state index contributed by atoms with van der Waals surface area (Å²) in [5.41, 5.74) is 10.0. The van der Waals surface area contributed by atoms with Crippen LogP contribution < -0.4 is 10.6 Å². The Hall–Kier alpha value is -3.53. The predicted octanol–water partition coefficient (Wildman–Crippen LogP) is 2.29. The molecule has 0 spiro atoms. The van der Waals surface area contributed by atoms with E-state index in [9.17, 15) is 4.79 Å². The first kappa shape index (κ1) is 21.0. The van der Waals surface area contributed by atoms with Gasteiger partial charge in [-0.2, -0.15) is 5.10 Å². The molecule has 2 aliphatic heterocycles. The van der Waals surface area contributed by atoms with Crippen molar-refractivity contribution in [1.29, 1.82) is 0 Å². The summed E-state index contributed by atoms with van der Waals surface area (Å²) in [6.07, 6.45) is 7.79. The van der Waals surface area contributed by atoms with Gasteiger partial charge in [0, 0.05) is 49.7 Å². The van der Waals surface area contributed by atoms with Crippen molar-refractivity contribution in [3.05, 3.63) is 53.2 Å². The highest BCUT2D eigenvalue weighted by molar-refractivity contribution is 6.00. The van der Waals surface area contributed by atoms with E-state index in [2.05, 4.69) is 22.0 Å². The van der Waals surface area contributed by atoms with Gasteiger partial charge < -0.3 is 15.5 Å². The van der Waals surface area contributed by atoms with E-state index in [0.717, 1.165) is 67.3 Å². The number of pyridine rings is 1. The topological polar surface area (TPSA) is 110 Å². The van der Waals surface area contributed by atoms with Crippen molar-refractivity contribution >= 4 is 23.0 Å². The standard InChI is InChI=1S/C24H29N9O/c1-15-13-33-21(26-22(15)30-11-8-17(25)14-30)12-19(29-33)20-7-3-4-9-32(20)24(34)18-6-5-10-31-16(2)27-28-23(18)31/h5-6,10,12-13,17,20H,3-4,7-9,11,14,25H2,1-2H3/t17-,20-/m0/s1. The molecule has 2 atom stereocenters. The number of aromatic nitrogens is 6. The van der Waals surface area contributed by atoms with E-state index >= 15 is 0 Å². The van der Waals surface area contributed by atoms with E-state index in [1.54, 1.807) is 0 Å². The van der Waals surface area contributed by atoms with Gasteiger partial charge in [-0.05, 0) is 51.7 Å². The summed E-state index contributed by atoms with van der Waals surface area (Å²) < 4.78 is 3.69. The fourth-order valence-electron chi connectivity index (χ4n) is 5.32. The number of hydrogen-bond donors (Lipinski definition) is 1. The normalized spacial score (nSPS) is 21.1. The Labute approximate surface area is 197 Å². The Bertz CT molecular complexity index is 1390. The Morgan fingerprint density at radius 1 is 1.15 bits per heavy atom. The fraction of sp³-hybridized carbons (Fsp3) is 0.458. The molecule has 0 unspecified atom stereocenters. The van der Waals surface area contributed by atoms with Gasteiger partial charge in [-0.3, -0.25) is 9.20 Å². The Morgan fingerprint density at radius 2 is 2.03 bits per heavy atom. The molecule has 34 heavy (non-hydrogen) atoms. The van der Waals surface area contributed by atoms with E-state index in [4.69, 9.17) is 15.8 Å². The first-order valence-corrected chi connectivity index (χ1v) is 12.0. The smallest absolute Gasteiger partial charge is 0.258 e. The van der Waals surface area contributed by atoms with E-state index < -0.39 is 0 Å². The Balaban J connectivity index is 1.35. The summed E-state index contributed by atoms with van der Waals surface area (Å²) >= 11 is 0. The molecule has 4 aromatic heterocycles. The Morgan fingerprint density at radius 3 is 2.85 bits per heavy atom. The van der Waals surface area contributed by atoms with Gasteiger partial charge in [0.25, 0.3) is 5.91 Å². The molecule has 0 saturated carbocycles. The van der Waals surface area contributed by atoms with Crippen molar-refractivity contribution < 1.29 is 4.79 Å². The number of hydrogen-bond acceptors (Lipinski definition) is 7. The number of aryl methyl sites for hydroxylation is 2. The van der Waals surface area contributed by atoms with Crippen molar-refractivity contribution in [1.82, 2.24) is 34.1 Å². The van der Waals surface area contributed by atoms with Gasteiger partial charge in [-0.25, -0.2) is 9.50 Å². The molecule has 4 aromatic rings. The van der Waals surface area contributed by atoms with Crippen LogP contribution in [0.1, 0.15) is 59.2 Å². The molecule has 2 N–H and O–H groups in total. The summed E-state index contributed by atoms with van der Waals surface area (Å²) in [5.74, 6) is 1.70. The zero-order valence-electron chi connectivity index (χ0n) is 19.6.